The lowest BCUT2D eigenvalue weighted by Gasteiger charge is -2.15. The minimum atomic E-state index is 0.00150. The Bertz CT molecular complexity index is 1000. The van der Waals surface area contributed by atoms with Gasteiger partial charge >= 0.3 is 0 Å². The molecule has 2 aromatic rings. The fourth-order valence-electron chi connectivity index (χ4n) is 2.96. The molecule has 0 unspecified atom stereocenters. The van der Waals surface area contributed by atoms with E-state index >= 15 is 0 Å². The second kappa shape index (κ2) is 7.26. The van der Waals surface area contributed by atoms with Crippen molar-refractivity contribution >= 4 is 57.6 Å². The van der Waals surface area contributed by atoms with Gasteiger partial charge in [-0.3, -0.25) is 9.69 Å². The molecule has 1 amide bonds. The number of thioether (sulfide) groups is 2. The van der Waals surface area contributed by atoms with Crippen LogP contribution in [-0.4, -0.2) is 29.6 Å². The molecular weight excluding hydrogens is 398 g/mol. The van der Waals surface area contributed by atoms with Gasteiger partial charge in [0.25, 0.3) is 5.91 Å². The molecular formula is C20H18ClN3OS2. The molecule has 4 rings (SSSR count). The number of amides is 1. The number of aryl methyl sites for hydroxylation is 1. The molecule has 27 heavy (non-hydrogen) atoms. The van der Waals surface area contributed by atoms with Crippen LogP contribution >= 0.6 is 35.1 Å². The quantitative estimate of drug-likeness (QED) is 0.594. The van der Waals surface area contributed by atoms with Crippen molar-refractivity contribution in [3.05, 3.63) is 63.0 Å². The number of amidine groups is 1. The lowest BCUT2D eigenvalue weighted by molar-refractivity contribution is -0.122. The Morgan fingerprint density at radius 1 is 1.15 bits per heavy atom. The summed E-state index contributed by atoms with van der Waals surface area (Å²) in [5, 5.41) is 2.32. The Morgan fingerprint density at radius 2 is 1.93 bits per heavy atom. The number of anilines is 1. The summed E-state index contributed by atoms with van der Waals surface area (Å²) in [4.78, 5) is 23.4. The molecule has 0 N–H and O–H groups in total. The summed E-state index contributed by atoms with van der Waals surface area (Å²) in [7, 11) is 2.00. The molecule has 2 aliphatic rings. The molecule has 0 aromatic heterocycles. The topological polar surface area (TPSA) is 35.9 Å². The number of halogens is 1. The molecule has 0 spiro atoms. The number of benzene rings is 2. The van der Waals surface area contributed by atoms with Gasteiger partial charge in [0.2, 0.25) is 0 Å². The monoisotopic (exact) mass is 415 g/mol. The van der Waals surface area contributed by atoms with E-state index in [-0.39, 0.29) is 5.91 Å². The van der Waals surface area contributed by atoms with Gasteiger partial charge in [-0.2, -0.15) is 0 Å². The zero-order chi connectivity index (χ0) is 19.1. The maximum absolute atomic E-state index is 13.0. The van der Waals surface area contributed by atoms with Crippen molar-refractivity contribution in [3.8, 4) is 0 Å². The maximum atomic E-state index is 13.0. The lowest BCUT2D eigenvalue weighted by atomic mass is 10.2. The Labute approximate surface area is 172 Å². The molecule has 7 heteroatoms. The first-order chi connectivity index (χ1) is 13.0. The number of nitrogens with zero attached hydrogens (tertiary/aromatic N) is 3. The van der Waals surface area contributed by atoms with Gasteiger partial charge in [0.1, 0.15) is 4.91 Å². The van der Waals surface area contributed by atoms with Crippen molar-refractivity contribution in [2.24, 2.45) is 4.99 Å². The molecule has 2 aliphatic heterocycles. The zero-order valence-electron chi connectivity index (χ0n) is 15.2. The minimum Gasteiger partial charge on any atom is -0.337 e. The number of carbonyl (C=O) groups excluding carboxylic acids is 1. The third-order valence-corrected chi connectivity index (χ3v) is 7.33. The second-order valence-corrected chi connectivity index (χ2v) is 8.66. The first-order valence-corrected chi connectivity index (χ1v) is 10.6. The van der Waals surface area contributed by atoms with Crippen molar-refractivity contribution in [1.29, 1.82) is 0 Å². The van der Waals surface area contributed by atoms with Gasteiger partial charge in [0, 0.05) is 23.5 Å². The molecule has 1 saturated heterocycles. The Morgan fingerprint density at radius 3 is 2.63 bits per heavy atom. The van der Waals surface area contributed by atoms with Crippen molar-refractivity contribution < 1.29 is 4.79 Å². The van der Waals surface area contributed by atoms with Gasteiger partial charge in [0.05, 0.1) is 16.4 Å². The molecule has 0 bridgehead atoms. The molecule has 2 aromatic carbocycles. The molecule has 2 heterocycles. The number of carbonyl (C=O) groups is 1. The molecule has 4 nitrogen and oxygen atoms in total. The molecule has 0 radical (unpaired) electrons. The van der Waals surface area contributed by atoms with E-state index in [1.807, 2.05) is 51.2 Å². The summed E-state index contributed by atoms with van der Waals surface area (Å²) in [6, 6.07) is 13.9. The second-order valence-electron chi connectivity index (χ2n) is 6.24. The minimum absolute atomic E-state index is 0.00150. The van der Waals surface area contributed by atoms with E-state index < -0.39 is 0 Å². The summed E-state index contributed by atoms with van der Waals surface area (Å²) in [5.41, 5.74) is 2.88. The molecule has 0 saturated carbocycles. The number of aliphatic imine (C=N–C) groups is 1. The summed E-state index contributed by atoms with van der Waals surface area (Å²) >= 11 is 9.29. The average molecular weight is 416 g/mol. The third kappa shape index (κ3) is 3.26. The molecule has 0 atom stereocenters. The van der Waals surface area contributed by atoms with Crippen LogP contribution in [0.25, 0.3) is 0 Å². The lowest BCUT2D eigenvalue weighted by Crippen LogP contribution is -2.29. The number of para-hydroxylation sites is 1. The van der Waals surface area contributed by atoms with Crippen LogP contribution in [0.4, 0.5) is 11.4 Å². The van der Waals surface area contributed by atoms with Crippen molar-refractivity contribution in [1.82, 2.24) is 4.90 Å². The van der Waals surface area contributed by atoms with E-state index in [2.05, 4.69) is 17.0 Å². The van der Waals surface area contributed by atoms with Crippen LogP contribution in [0.15, 0.2) is 62.3 Å². The van der Waals surface area contributed by atoms with E-state index in [9.17, 15) is 4.79 Å². The van der Waals surface area contributed by atoms with E-state index in [0.29, 0.717) is 16.7 Å². The first kappa shape index (κ1) is 18.5. The normalized spacial score (nSPS) is 20.7. The number of rotatable bonds is 2. The summed E-state index contributed by atoms with van der Waals surface area (Å²) in [5.74, 6) is 0.00150. The smallest absolute Gasteiger partial charge is 0.269 e. The van der Waals surface area contributed by atoms with Gasteiger partial charge in [0.15, 0.2) is 5.17 Å². The van der Waals surface area contributed by atoms with Crippen molar-refractivity contribution in [2.45, 2.75) is 18.7 Å². The Balaban J connectivity index is 1.72. The van der Waals surface area contributed by atoms with E-state index in [1.54, 1.807) is 16.7 Å². The number of fused-ring (bicyclic) bond motifs is 1. The van der Waals surface area contributed by atoms with E-state index in [1.165, 1.54) is 11.8 Å². The highest BCUT2D eigenvalue weighted by atomic mass is 35.5. The third-order valence-electron chi connectivity index (χ3n) is 4.49. The summed E-state index contributed by atoms with van der Waals surface area (Å²) in [6.45, 7) is 4.49. The van der Waals surface area contributed by atoms with Crippen LogP contribution in [0.1, 0.15) is 12.5 Å². The predicted octanol–water partition coefficient (Wildman–Crippen LogP) is 5.64. The van der Waals surface area contributed by atoms with Crippen molar-refractivity contribution in [2.75, 3.05) is 18.5 Å². The van der Waals surface area contributed by atoms with Crippen molar-refractivity contribution in [3.63, 3.8) is 0 Å². The number of hydrogen-bond acceptors (Lipinski definition) is 5. The fraction of sp³-hybridized carbons (Fsp3) is 0.200. The predicted molar refractivity (Wildman–Crippen MR) is 116 cm³/mol. The average Bonchev–Trinajstić information content (AvgIpc) is 3.15. The summed E-state index contributed by atoms with van der Waals surface area (Å²) < 4.78 is 0. The van der Waals surface area contributed by atoms with Gasteiger partial charge < -0.3 is 4.90 Å². The highest BCUT2D eigenvalue weighted by molar-refractivity contribution is 8.19. The van der Waals surface area contributed by atoms with Crippen LogP contribution in [0.2, 0.25) is 5.02 Å². The largest absolute Gasteiger partial charge is 0.337 e. The van der Waals surface area contributed by atoms with Gasteiger partial charge in [-0.1, -0.05) is 41.6 Å². The zero-order valence-corrected chi connectivity index (χ0v) is 17.6. The summed E-state index contributed by atoms with van der Waals surface area (Å²) in [6.07, 6.45) is 0. The van der Waals surface area contributed by atoms with Crippen LogP contribution in [-0.2, 0) is 4.79 Å². The van der Waals surface area contributed by atoms with Crippen LogP contribution in [0.3, 0.4) is 0 Å². The highest BCUT2D eigenvalue weighted by Gasteiger charge is 2.38. The van der Waals surface area contributed by atoms with E-state index in [0.717, 1.165) is 31.8 Å². The Kier molecular flexibility index (Phi) is 4.97. The Hall–Kier alpha value is -1.89. The van der Waals surface area contributed by atoms with Gasteiger partial charge in [-0.05, 0) is 55.4 Å². The molecule has 0 aliphatic carbocycles. The van der Waals surface area contributed by atoms with Gasteiger partial charge in [-0.25, -0.2) is 4.99 Å². The standard InChI is InChI=1S/C20H18ClN3OS2/c1-4-24-18(25)17(19-23(3)15-7-5-6-8-16(15)26-19)27-20(24)22-13-10-9-12(2)14(21)11-13/h5-11H,4H2,1-3H3. The van der Waals surface area contributed by atoms with Crippen LogP contribution < -0.4 is 4.90 Å². The van der Waals surface area contributed by atoms with Crippen LogP contribution in [0.5, 0.6) is 0 Å². The van der Waals surface area contributed by atoms with Crippen LogP contribution in [0, 0.1) is 6.92 Å². The number of hydrogen-bond donors (Lipinski definition) is 0. The first-order valence-electron chi connectivity index (χ1n) is 8.59. The SMILES string of the molecule is CCN1C(=O)C(=C2Sc3ccccc3N2C)SC1=Nc1ccc(C)c(Cl)c1. The van der Waals surface area contributed by atoms with E-state index in [4.69, 9.17) is 16.6 Å². The number of likely N-dealkylation sites (N-methyl/N-ethyl adjacent to an activating group) is 1. The molecule has 138 valence electrons. The molecule has 1 fully saturated rings. The highest BCUT2D eigenvalue weighted by Crippen LogP contribution is 2.49. The van der Waals surface area contributed by atoms with Gasteiger partial charge in [-0.15, -0.1) is 0 Å². The maximum Gasteiger partial charge on any atom is 0.269 e. The fourth-order valence-corrected chi connectivity index (χ4v) is 5.54.